The van der Waals surface area contributed by atoms with E-state index < -0.39 is 10.1 Å². The van der Waals surface area contributed by atoms with Crippen LogP contribution in [0, 0.1) is 12.7 Å². The molecule has 8 heteroatoms. The van der Waals surface area contributed by atoms with Crippen LogP contribution in [0.4, 0.5) is 4.39 Å². The van der Waals surface area contributed by atoms with E-state index in [1.54, 1.807) is 54.3 Å². The maximum atomic E-state index is 13.1. The Bertz CT molecular complexity index is 1180. The molecular weight excluding hydrogens is 441 g/mol. The first-order chi connectivity index (χ1) is 14.7. The number of rotatable bonds is 7. The van der Waals surface area contributed by atoms with E-state index in [4.69, 9.17) is 15.8 Å². The van der Waals surface area contributed by atoms with Gasteiger partial charge in [0.2, 0.25) is 5.91 Å². The van der Waals surface area contributed by atoms with Gasteiger partial charge in [-0.25, -0.2) is 4.39 Å². The Hall–Kier alpha value is -2.90. The molecule has 0 atom stereocenters. The van der Waals surface area contributed by atoms with Crippen molar-refractivity contribution >= 4 is 27.6 Å². The van der Waals surface area contributed by atoms with Gasteiger partial charge in [0, 0.05) is 20.0 Å². The first kappa shape index (κ1) is 22.8. The predicted molar refractivity (Wildman–Crippen MR) is 117 cm³/mol. The Labute approximate surface area is 186 Å². The number of hydrogen-bond acceptors (Lipinski definition) is 4. The molecule has 0 heterocycles. The van der Waals surface area contributed by atoms with Crippen molar-refractivity contribution < 1.29 is 21.8 Å². The quantitative estimate of drug-likeness (QED) is 0.459. The molecule has 31 heavy (non-hydrogen) atoms. The summed E-state index contributed by atoms with van der Waals surface area (Å²) in [5.74, 6) is -0.407. The third kappa shape index (κ3) is 5.83. The zero-order valence-corrected chi connectivity index (χ0v) is 18.6. The fourth-order valence-electron chi connectivity index (χ4n) is 3.11. The topological polar surface area (TPSA) is 63.7 Å². The molecule has 0 aliphatic rings. The van der Waals surface area contributed by atoms with Gasteiger partial charge >= 0.3 is 10.1 Å². The molecule has 0 radical (unpaired) electrons. The lowest BCUT2D eigenvalue weighted by molar-refractivity contribution is -0.130. The van der Waals surface area contributed by atoms with Crippen molar-refractivity contribution in [2.45, 2.75) is 31.8 Å². The van der Waals surface area contributed by atoms with Crippen molar-refractivity contribution in [1.29, 1.82) is 0 Å². The summed E-state index contributed by atoms with van der Waals surface area (Å²) in [6.07, 6.45) is 0. The van der Waals surface area contributed by atoms with E-state index in [-0.39, 0.29) is 40.5 Å². The molecule has 3 aromatic rings. The van der Waals surface area contributed by atoms with E-state index in [9.17, 15) is 17.6 Å². The summed E-state index contributed by atoms with van der Waals surface area (Å²) in [6.45, 7) is 3.60. The normalized spacial score (nSPS) is 11.2. The minimum absolute atomic E-state index is 0.0799. The molecule has 1 amide bonds. The number of nitrogens with zero attached hydrogens (tertiary/aromatic N) is 1. The number of aryl methyl sites for hydroxylation is 1. The molecule has 3 aromatic carbocycles. The van der Waals surface area contributed by atoms with Crippen LogP contribution in [0.25, 0.3) is 0 Å². The van der Waals surface area contributed by atoms with Gasteiger partial charge in [-0.15, -0.1) is 0 Å². The highest BCUT2D eigenvalue weighted by Crippen LogP contribution is 2.28. The summed E-state index contributed by atoms with van der Waals surface area (Å²) >= 11 is 6.08. The molecule has 0 fully saturated rings. The van der Waals surface area contributed by atoms with E-state index in [1.165, 1.54) is 31.2 Å². The van der Waals surface area contributed by atoms with Crippen LogP contribution in [0.5, 0.6) is 5.75 Å². The number of carbonyl (C=O) groups excluding carboxylic acids is 1. The lowest BCUT2D eigenvalue weighted by Gasteiger charge is -2.21. The number of halogens is 2. The third-order valence-corrected chi connectivity index (χ3v) is 6.50. The summed E-state index contributed by atoms with van der Waals surface area (Å²) in [5, 5.41) is 0.0817. The van der Waals surface area contributed by atoms with E-state index in [0.717, 1.165) is 5.56 Å². The molecular formula is C23H21ClFNO4S. The third-order valence-electron chi connectivity index (χ3n) is 4.62. The Balaban J connectivity index is 1.80. The predicted octanol–water partition coefficient (Wildman–Crippen LogP) is 5.10. The summed E-state index contributed by atoms with van der Waals surface area (Å²) in [5.41, 5.74) is 1.94. The highest BCUT2D eigenvalue weighted by molar-refractivity contribution is 7.87. The first-order valence-electron chi connectivity index (χ1n) is 9.44. The average Bonchev–Trinajstić information content (AvgIpc) is 2.68. The van der Waals surface area contributed by atoms with Crippen LogP contribution in [0.2, 0.25) is 5.02 Å². The van der Waals surface area contributed by atoms with Gasteiger partial charge in [-0.2, -0.15) is 8.42 Å². The number of benzene rings is 3. The van der Waals surface area contributed by atoms with Crippen LogP contribution in [0.3, 0.4) is 0 Å². The molecule has 5 nitrogen and oxygen atoms in total. The molecule has 0 aromatic heterocycles. The molecule has 0 bridgehead atoms. The van der Waals surface area contributed by atoms with E-state index in [2.05, 4.69) is 0 Å². The SMILES string of the molecule is CC(=O)N(Cc1ccc(F)cc1)Cc1cccc(OS(=O)(=O)c2c(C)cccc2Cl)c1. The van der Waals surface area contributed by atoms with Crippen LogP contribution < -0.4 is 4.18 Å². The van der Waals surface area contributed by atoms with Gasteiger partial charge in [0.05, 0.1) is 5.02 Å². The molecule has 0 aliphatic heterocycles. The number of carbonyl (C=O) groups is 1. The van der Waals surface area contributed by atoms with Gasteiger partial charge in [-0.3, -0.25) is 4.79 Å². The van der Waals surface area contributed by atoms with Crippen molar-refractivity contribution in [3.8, 4) is 5.75 Å². The van der Waals surface area contributed by atoms with Crippen LogP contribution in [0.1, 0.15) is 23.6 Å². The largest absolute Gasteiger partial charge is 0.379 e. The summed E-state index contributed by atoms with van der Waals surface area (Å²) in [4.78, 5) is 13.6. The Morgan fingerprint density at radius 1 is 1.00 bits per heavy atom. The number of hydrogen-bond donors (Lipinski definition) is 0. The molecule has 0 aliphatic carbocycles. The van der Waals surface area contributed by atoms with Crippen molar-refractivity contribution in [2.75, 3.05) is 0 Å². The van der Waals surface area contributed by atoms with Gasteiger partial charge in [0.1, 0.15) is 16.5 Å². The maximum absolute atomic E-state index is 13.1. The van der Waals surface area contributed by atoms with Gasteiger partial charge in [0.25, 0.3) is 0 Å². The smallest absolute Gasteiger partial charge is 0.340 e. The second-order valence-electron chi connectivity index (χ2n) is 7.07. The molecule has 0 N–H and O–H groups in total. The number of amides is 1. The summed E-state index contributed by atoms with van der Waals surface area (Å²) in [6, 6.07) is 17.2. The maximum Gasteiger partial charge on any atom is 0.340 e. The molecule has 0 spiro atoms. The van der Waals surface area contributed by atoms with Crippen LogP contribution >= 0.6 is 11.6 Å². The minimum atomic E-state index is -4.14. The fraction of sp³-hybridized carbons (Fsp3) is 0.174. The molecule has 0 saturated carbocycles. The zero-order valence-electron chi connectivity index (χ0n) is 17.0. The first-order valence-corrected chi connectivity index (χ1v) is 11.2. The van der Waals surface area contributed by atoms with Crippen molar-refractivity contribution in [3.05, 3.63) is 94.3 Å². The monoisotopic (exact) mass is 461 g/mol. The van der Waals surface area contributed by atoms with E-state index in [0.29, 0.717) is 11.1 Å². The Kier molecular flexibility index (Phi) is 6.97. The van der Waals surface area contributed by atoms with Crippen LogP contribution in [-0.2, 0) is 28.0 Å². The van der Waals surface area contributed by atoms with Gasteiger partial charge in [-0.05, 0) is 53.9 Å². The standard InChI is InChI=1S/C23H21ClFNO4S/c1-16-5-3-8-22(24)23(16)31(28,29)30-21-7-4-6-19(13-21)15-26(17(2)27)14-18-9-11-20(25)12-10-18/h3-13H,14-15H2,1-2H3. The van der Waals surface area contributed by atoms with Crippen LogP contribution in [-0.4, -0.2) is 19.2 Å². The molecule has 3 rings (SSSR count). The van der Waals surface area contributed by atoms with Crippen molar-refractivity contribution in [2.24, 2.45) is 0 Å². The molecule has 0 saturated heterocycles. The summed E-state index contributed by atoms with van der Waals surface area (Å²) < 4.78 is 43.9. The molecule has 0 unspecified atom stereocenters. The van der Waals surface area contributed by atoms with Crippen molar-refractivity contribution in [1.82, 2.24) is 4.90 Å². The van der Waals surface area contributed by atoms with Gasteiger partial charge in [-0.1, -0.05) is 48.0 Å². The zero-order chi connectivity index (χ0) is 22.6. The van der Waals surface area contributed by atoms with E-state index in [1.807, 2.05) is 0 Å². The van der Waals surface area contributed by atoms with E-state index >= 15 is 0 Å². The van der Waals surface area contributed by atoms with Gasteiger partial charge < -0.3 is 9.08 Å². The lowest BCUT2D eigenvalue weighted by Crippen LogP contribution is -2.27. The summed E-state index contributed by atoms with van der Waals surface area (Å²) in [7, 11) is -4.14. The lowest BCUT2D eigenvalue weighted by atomic mass is 10.1. The van der Waals surface area contributed by atoms with Gasteiger partial charge in [0.15, 0.2) is 0 Å². The minimum Gasteiger partial charge on any atom is -0.379 e. The van der Waals surface area contributed by atoms with Crippen LogP contribution in [0.15, 0.2) is 71.6 Å². The van der Waals surface area contributed by atoms with Crippen molar-refractivity contribution in [3.63, 3.8) is 0 Å². The molecule has 162 valence electrons. The second kappa shape index (κ2) is 9.49. The fourth-order valence-corrected chi connectivity index (χ4v) is 4.82. The Morgan fingerprint density at radius 3 is 2.29 bits per heavy atom. The highest BCUT2D eigenvalue weighted by Gasteiger charge is 2.23. The second-order valence-corrected chi connectivity index (χ2v) is 8.96. The average molecular weight is 462 g/mol. The Morgan fingerprint density at radius 2 is 1.65 bits per heavy atom. The highest BCUT2D eigenvalue weighted by atomic mass is 35.5.